The first-order chi connectivity index (χ1) is 6.36. The molecule has 0 spiro atoms. The fourth-order valence-corrected chi connectivity index (χ4v) is 2.96. The molecular weight excluding hydrogens is 182 g/mol. The van der Waals surface area contributed by atoms with Crippen molar-refractivity contribution in [2.45, 2.75) is 19.8 Å². The quantitative estimate of drug-likeness (QED) is 0.638. The maximum absolute atomic E-state index is 4.06. The zero-order valence-electron chi connectivity index (χ0n) is 7.32. The van der Waals surface area contributed by atoms with Crippen molar-refractivity contribution in [1.82, 2.24) is 14.6 Å². The van der Waals surface area contributed by atoms with Crippen molar-refractivity contribution < 1.29 is 0 Å². The van der Waals surface area contributed by atoms with Crippen LogP contribution in [0.15, 0.2) is 12.4 Å². The summed E-state index contributed by atoms with van der Waals surface area (Å²) in [7, 11) is 0. The van der Waals surface area contributed by atoms with Crippen LogP contribution < -0.4 is 0 Å². The maximum Gasteiger partial charge on any atom is 0.216 e. The van der Waals surface area contributed by atoms with Crippen LogP contribution in [0.3, 0.4) is 0 Å². The van der Waals surface area contributed by atoms with Gasteiger partial charge in [-0.2, -0.15) is 0 Å². The third-order valence-electron chi connectivity index (χ3n) is 2.43. The molecule has 0 amide bonds. The van der Waals surface area contributed by atoms with Crippen LogP contribution in [-0.4, -0.2) is 14.6 Å². The van der Waals surface area contributed by atoms with Gasteiger partial charge >= 0.3 is 0 Å². The van der Waals surface area contributed by atoms with Crippen LogP contribution in [0.2, 0.25) is 0 Å². The number of thiazole rings is 1. The van der Waals surface area contributed by atoms with E-state index in [1.807, 2.05) is 0 Å². The van der Waals surface area contributed by atoms with Crippen LogP contribution in [0.5, 0.6) is 0 Å². The average Bonchev–Trinajstić information content (AvgIpc) is 2.62. The Hall–Kier alpha value is -1.16. The minimum atomic E-state index is 1.01. The van der Waals surface area contributed by atoms with Crippen LogP contribution in [0.1, 0.15) is 23.9 Å². The summed E-state index contributed by atoms with van der Waals surface area (Å²) in [5.74, 6) is 0. The largest absolute Gasteiger partial charge is 0.272 e. The van der Waals surface area contributed by atoms with Gasteiger partial charge in [-0.1, -0.05) is 17.4 Å². The molecule has 0 saturated carbocycles. The third kappa shape index (κ3) is 0.891. The Kier molecular flexibility index (Phi) is 1.35. The SMILES string of the molecule is CC1=CCCc2sc3nncn3c21. The second-order valence-electron chi connectivity index (χ2n) is 3.28. The van der Waals surface area contributed by atoms with E-state index in [0.29, 0.717) is 0 Å². The molecule has 0 fully saturated rings. The summed E-state index contributed by atoms with van der Waals surface area (Å²) in [4.78, 5) is 2.46. The molecule has 0 radical (unpaired) electrons. The van der Waals surface area contributed by atoms with E-state index in [-0.39, 0.29) is 0 Å². The molecule has 0 aliphatic heterocycles. The van der Waals surface area contributed by atoms with E-state index in [1.54, 1.807) is 17.7 Å². The molecule has 3 rings (SSSR count). The van der Waals surface area contributed by atoms with Gasteiger partial charge in [-0.3, -0.25) is 4.40 Å². The van der Waals surface area contributed by atoms with Crippen LogP contribution in [-0.2, 0) is 6.42 Å². The molecule has 0 N–H and O–H groups in total. The molecule has 0 unspecified atom stereocenters. The topological polar surface area (TPSA) is 30.2 Å². The molecule has 66 valence electrons. The zero-order valence-corrected chi connectivity index (χ0v) is 8.14. The van der Waals surface area contributed by atoms with Gasteiger partial charge in [0, 0.05) is 4.88 Å². The van der Waals surface area contributed by atoms with Gasteiger partial charge in [0.05, 0.1) is 5.69 Å². The van der Waals surface area contributed by atoms with Gasteiger partial charge in [0.1, 0.15) is 6.33 Å². The standard InChI is InChI=1S/C9H9N3S/c1-6-3-2-4-7-8(6)12-5-10-11-9(12)13-7/h3,5H,2,4H2,1H3. The van der Waals surface area contributed by atoms with Crippen LogP contribution in [0.4, 0.5) is 0 Å². The Labute approximate surface area is 79.7 Å². The van der Waals surface area contributed by atoms with Crippen molar-refractivity contribution in [3.05, 3.63) is 23.0 Å². The minimum Gasteiger partial charge on any atom is -0.272 e. The number of aryl methyl sites for hydroxylation is 1. The molecule has 1 aliphatic carbocycles. The average molecular weight is 191 g/mol. The van der Waals surface area contributed by atoms with E-state index in [4.69, 9.17) is 0 Å². The normalized spacial score (nSPS) is 15.9. The van der Waals surface area contributed by atoms with Crippen molar-refractivity contribution in [2.75, 3.05) is 0 Å². The molecule has 1 aliphatic rings. The van der Waals surface area contributed by atoms with Crippen LogP contribution >= 0.6 is 11.3 Å². The zero-order chi connectivity index (χ0) is 8.84. The van der Waals surface area contributed by atoms with Crippen LogP contribution in [0.25, 0.3) is 10.5 Å². The van der Waals surface area contributed by atoms with E-state index >= 15 is 0 Å². The molecular formula is C9H9N3S. The van der Waals surface area contributed by atoms with Gasteiger partial charge < -0.3 is 0 Å². The van der Waals surface area contributed by atoms with Gasteiger partial charge in [-0.25, -0.2) is 0 Å². The highest BCUT2D eigenvalue weighted by Crippen LogP contribution is 2.32. The number of allylic oxidation sites excluding steroid dienone is 2. The highest BCUT2D eigenvalue weighted by molar-refractivity contribution is 7.17. The number of nitrogens with zero attached hydrogens (tertiary/aromatic N) is 3. The number of fused-ring (bicyclic) bond motifs is 3. The summed E-state index contributed by atoms with van der Waals surface area (Å²) in [6.07, 6.45) is 6.40. The molecule has 2 heterocycles. The lowest BCUT2D eigenvalue weighted by Crippen LogP contribution is -1.97. The predicted octanol–water partition coefficient (Wildman–Crippen LogP) is 2.14. The Balaban J connectivity index is 2.42. The Bertz CT molecular complexity index is 492. The first-order valence-corrected chi connectivity index (χ1v) is 5.16. The first-order valence-electron chi connectivity index (χ1n) is 4.35. The van der Waals surface area contributed by atoms with Crippen molar-refractivity contribution >= 4 is 21.9 Å². The van der Waals surface area contributed by atoms with Crippen molar-refractivity contribution in [2.24, 2.45) is 0 Å². The predicted molar refractivity (Wildman–Crippen MR) is 52.8 cm³/mol. The van der Waals surface area contributed by atoms with E-state index in [0.717, 1.165) is 17.8 Å². The molecule has 4 heteroatoms. The van der Waals surface area contributed by atoms with Crippen LogP contribution in [0, 0.1) is 0 Å². The first kappa shape index (κ1) is 7.26. The van der Waals surface area contributed by atoms with Gasteiger partial charge in [0.2, 0.25) is 4.96 Å². The lowest BCUT2D eigenvalue weighted by atomic mass is 10.0. The summed E-state index contributed by atoms with van der Waals surface area (Å²) in [5, 5.41) is 7.96. The Morgan fingerprint density at radius 2 is 2.46 bits per heavy atom. The van der Waals surface area contributed by atoms with Gasteiger partial charge in [0.25, 0.3) is 0 Å². The molecule has 3 nitrogen and oxygen atoms in total. The molecule has 0 aromatic carbocycles. The molecule has 0 atom stereocenters. The highest BCUT2D eigenvalue weighted by Gasteiger charge is 2.16. The van der Waals surface area contributed by atoms with Gasteiger partial charge in [0.15, 0.2) is 0 Å². The fraction of sp³-hybridized carbons (Fsp3) is 0.333. The van der Waals surface area contributed by atoms with Crippen molar-refractivity contribution in [3.63, 3.8) is 0 Å². The number of hydrogen-bond donors (Lipinski definition) is 0. The molecule has 0 bridgehead atoms. The number of rotatable bonds is 0. The summed E-state index contributed by atoms with van der Waals surface area (Å²) in [6, 6.07) is 0. The molecule has 2 aromatic rings. The molecule has 0 saturated heterocycles. The van der Waals surface area contributed by atoms with E-state index in [2.05, 4.69) is 27.6 Å². The minimum absolute atomic E-state index is 1.01. The summed E-state index contributed by atoms with van der Waals surface area (Å²) in [5.41, 5.74) is 2.67. The van der Waals surface area contributed by atoms with Gasteiger partial charge in [-0.05, 0) is 25.3 Å². The van der Waals surface area contributed by atoms with Gasteiger partial charge in [-0.15, -0.1) is 10.2 Å². The van der Waals surface area contributed by atoms with Crippen molar-refractivity contribution in [1.29, 1.82) is 0 Å². The second kappa shape index (κ2) is 2.42. The monoisotopic (exact) mass is 191 g/mol. The number of aromatic nitrogens is 3. The lowest BCUT2D eigenvalue weighted by molar-refractivity contribution is 0.968. The lowest BCUT2D eigenvalue weighted by Gasteiger charge is -2.08. The van der Waals surface area contributed by atoms with E-state index in [9.17, 15) is 0 Å². The Morgan fingerprint density at radius 3 is 3.38 bits per heavy atom. The summed E-state index contributed by atoms with van der Waals surface area (Å²) in [6.45, 7) is 2.16. The smallest absolute Gasteiger partial charge is 0.216 e. The molecule has 2 aromatic heterocycles. The second-order valence-corrected chi connectivity index (χ2v) is 4.35. The van der Waals surface area contributed by atoms with Crippen molar-refractivity contribution in [3.8, 4) is 0 Å². The van der Waals surface area contributed by atoms with E-state index in [1.165, 1.54) is 16.1 Å². The Morgan fingerprint density at radius 1 is 1.54 bits per heavy atom. The molecule has 13 heavy (non-hydrogen) atoms. The summed E-state index contributed by atoms with van der Waals surface area (Å²) < 4.78 is 2.09. The maximum atomic E-state index is 4.06. The van der Waals surface area contributed by atoms with E-state index < -0.39 is 0 Å². The third-order valence-corrected chi connectivity index (χ3v) is 3.54. The summed E-state index contributed by atoms with van der Waals surface area (Å²) >= 11 is 1.76. The highest BCUT2D eigenvalue weighted by atomic mass is 32.1. The fourth-order valence-electron chi connectivity index (χ4n) is 1.84. The number of hydrogen-bond acceptors (Lipinski definition) is 3.